The fourth-order valence-corrected chi connectivity index (χ4v) is 3.13. The fourth-order valence-electron chi connectivity index (χ4n) is 2.86. The molecule has 0 aliphatic carbocycles. The molecule has 1 N–H and O–H groups in total. The van der Waals surface area contributed by atoms with Crippen molar-refractivity contribution in [2.75, 3.05) is 6.61 Å². The number of hydrogen-bond acceptors (Lipinski definition) is 2. The van der Waals surface area contributed by atoms with E-state index in [1.165, 1.54) is 31.2 Å². The first-order valence-electron chi connectivity index (χ1n) is 9.97. The molecule has 0 amide bonds. The molecule has 0 aromatic heterocycles. The molecule has 0 spiro atoms. The summed E-state index contributed by atoms with van der Waals surface area (Å²) in [7, 11) is 0. The van der Waals surface area contributed by atoms with Crippen LogP contribution in [0.5, 0.6) is 5.75 Å². The van der Waals surface area contributed by atoms with Gasteiger partial charge < -0.3 is 9.84 Å². The van der Waals surface area contributed by atoms with E-state index in [4.69, 9.17) is 33.0 Å². The number of halogens is 2. The van der Waals surface area contributed by atoms with Crippen molar-refractivity contribution < 1.29 is 14.6 Å². The van der Waals surface area contributed by atoms with Gasteiger partial charge in [-0.3, -0.25) is 0 Å². The van der Waals surface area contributed by atoms with Crippen LogP contribution in [-0.2, 0) is 10.2 Å². The first-order chi connectivity index (χ1) is 12.6. The summed E-state index contributed by atoms with van der Waals surface area (Å²) >= 11 is 11.4. The van der Waals surface area contributed by atoms with Crippen LogP contribution in [0.15, 0.2) is 24.3 Å². The number of carbonyl (C=O) groups is 1. The van der Waals surface area contributed by atoms with Gasteiger partial charge >= 0.3 is 5.97 Å². The molecule has 27 heavy (non-hydrogen) atoms. The summed E-state index contributed by atoms with van der Waals surface area (Å²) in [5.41, 5.74) is 1.49. The molecule has 0 radical (unpaired) electrons. The normalized spacial score (nSPS) is 12.2. The molecule has 5 heteroatoms. The van der Waals surface area contributed by atoms with E-state index in [0.29, 0.717) is 6.42 Å². The second-order valence-corrected chi connectivity index (χ2v) is 9.69. The lowest BCUT2D eigenvalue weighted by atomic mass is 9.87. The average Bonchev–Trinajstić information content (AvgIpc) is 2.59. The molecule has 3 nitrogen and oxygen atoms in total. The minimum absolute atomic E-state index is 0.172. The summed E-state index contributed by atoms with van der Waals surface area (Å²) in [5, 5.41) is 8.83. The molecular weight excluding hydrogens is 383 g/mol. The third kappa shape index (κ3) is 10.3. The second-order valence-electron chi connectivity index (χ2n) is 8.21. The van der Waals surface area contributed by atoms with Crippen molar-refractivity contribution in [3.63, 3.8) is 0 Å². The van der Waals surface area contributed by atoms with Crippen LogP contribution in [0.3, 0.4) is 0 Å². The minimum atomic E-state index is -1.63. The van der Waals surface area contributed by atoms with Gasteiger partial charge in [0.15, 0.2) is 0 Å². The Morgan fingerprint density at radius 2 is 1.37 bits per heavy atom. The monoisotopic (exact) mass is 416 g/mol. The van der Waals surface area contributed by atoms with Gasteiger partial charge in [-0.15, -0.1) is 0 Å². The minimum Gasteiger partial charge on any atom is -0.494 e. The SMILES string of the molecule is CC(C)(C)c1ccc(OCCCCCCCCCCC(Cl)(Cl)C(=O)O)cc1. The van der Waals surface area contributed by atoms with Crippen molar-refractivity contribution in [2.45, 2.75) is 88.3 Å². The molecule has 1 rings (SSSR count). The average molecular weight is 417 g/mol. The summed E-state index contributed by atoms with van der Waals surface area (Å²) in [5.74, 6) is -0.211. The van der Waals surface area contributed by atoms with Gasteiger partial charge in [0, 0.05) is 0 Å². The first kappa shape index (κ1) is 24.1. The van der Waals surface area contributed by atoms with Crippen LogP contribution in [0.1, 0.15) is 84.1 Å². The summed E-state index contributed by atoms with van der Waals surface area (Å²) < 4.78 is 4.18. The zero-order chi connectivity index (χ0) is 20.3. The number of ether oxygens (including phenoxy) is 1. The van der Waals surface area contributed by atoms with Crippen molar-refractivity contribution in [3.8, 4) is 5.75 Å². The van der Waals surface area contributed by atoms with Crippen molar-refractivity contribution >= 4 is 29.2 Å². The topological polar surface area (TPSA) is 46.5 Å². The molecule has 0 aliphatic heterocycles. The Balaban J connectivity index is 1.98. The molecule has 0 saturated heterocycles. The molecule has 154 valence electrons. The highest BCUT2D eigenvalue weighted by Crippen LogP contribution is 2.28. The molecule has 1 aromatic carbocycles. The van der Waals surface area contributed by atoms with Gasteiger partial charge in [-0.2, -0.15) is 0 Å². The second kappa shape index (κ2) is 11.8. The van der Waals surface area contributed by atoms with Gasteiger partial charge in [-0.25, -0.2) is 4.79 Å². The van der Waals surface area contributed by atoms with Gasteiger partial charge in [-0.05, 0) is 42.4 Å². The van der Waals surface area contributed by atoms with Gasteiger partial charge in [0.05, 0.1) is 6.61 Å². The smallest absolute Gasteiger partial charge is 0.340 e. The van der Waals surface area contributed by atoms with Crippen molar-refractivity contribution in [1.29, 1.82) is 0 Å². The van der Waals surface area contributed by atoms with Crippen molar-refractivity contribution in [1.82, 2.24) is 0 Å². The van der Waals surface area contributed by atoms with E-state index >= 15 is 0 Å². The summed E-state index contributed by atoms with van der Waals surface area (Å²) in [6, 6.07) is 8.40. The van der Waals surface area contributed by atoms with E-state index < -0.39 is 10.3 Å². The Morgan fingerprint density at radius 3 is 1.85 bits per heavy atom. The molecule has 0 fully saturated rings. The van der Waals surface area contributed by atoms with Gasteiger partial charge in [0.2, 0.25) is 4.33 Å². The Morgan fingerprint density at radius 1 is 0.889 bits per heavy atom. The van der Waals surface area contributed by atoms with Crippen LogP contribution < -0.4 is 4.74 Å². The molecule has 0 aliphatic rings. The van der Waals surface area contributed by atoms with Gasteiger partial charge in [0.1, 0.15) is 5.75 Å². The Hall–Kier alpha value is -0.930. The molecule has 0 atom stereocenters. The van der Waals surface area contributed by atoms with Crippen LogP contribution >= 0.6 is 23.2 Å². The van der Waals surface area contributed by atoms with E-state index in [1.807, 2.05) is 0 Å². The lowest BCUT2D eigenvalue weighted by molar-refractivity contribution is -0.138. The lowest BCUT2D eigenvalue weighted by Crippen LogP contribution is -2.25. The molecule has 0 unspecified atom stereocenters. The first-order valence-corrected chi connectivity index (χ1v) is 10.7. The molecule has 1 aromatic rings. The van der Waals surface area contributed by atoms with E-state index in [9.17, 15) is 4.79 Å². The number of unbranched alkanes of at least 4 members (excludes halogenated alkanes) is 7. The predicted octanol–water partition coefficient (Wildman–Crippen LogP) is 7.13. The lowest BCUT2D eigenvalue weighted by Gasteiger charge is -2.19. The van der Waals surface area contributed by atoms with Crippen LogP contribution in [0.25, 0.3) is 0 Å². The molecular formula is C22H34Cl2O3. The highest BCUT2D eigenvalue weighted by atomic mass is 35.5. The Kier molecular flexibility index (Phi) is 10.5. The highest BCUT2D eigenvalue weighted by molar-refractivity contribution is 6.57. The number of rotatable bonds is 13. The van der Waals surface area contributed by atoms with Crippen LogP contribution in [-0.4, -0.2) is 22.0 Å². The summed E-state index contributed by atoms with van der Waals surface area (Å²) in [6.45, 7) is 7.39. The summed E-state index contributed by atoms with van der Waals surface area (Å²) in [6.07, 6.45) is 8.94. The molecule has 0 bridgehead atoms. The van der Waals surface area contributed by atoms with Crippen LogP contribution in [0.2, 0.25) is 0 Å². The third-order valence-electron chi connectivity index (χ3n) is 4.69. The van der Waals surface area contributed by atoms with E-state index in [-0.39, 0.29) is 5.41 Å². The van der Waals surface area contributed by atoms with Crippen molar-refractivity contribution in [3.05, 3.63) is 29.8 Å². The number of aliphatic carboxylic acids is 1. The largest absolute Gasteiger partial charge is 0.494 e. The van der Waals surface area contributed by atoms with E-state index in [0.717, 1.165) is 38.0 Å². The van der Waals surface area contributed by atoms with E-state index in [1.54, 1.807) is 0 Å². The third-order valence-corrected chi connectivity index (χ3v) is 5.39. The quantitative estimate of drug-likeness (QED) is 0.274. The Labute approximate surface area is 174 Å². The molecule has 0 heterocycles. The zero-order valence-electron chi connectivity index (χ0n) is 16.9. The fraction of sp³-hybridized carbons (Fsp3) is 0.682. The van der Waals surface area contributed by atoms with Crippen LogP contribution in [0, 0.1) is 0 Å². The maximum Gasteiger partial charge on any atom is 0.340 e. The molecule has 0 saturated carbocycles. The maximum atomic E-state index is 10.8. The number of benzene rings is 1. The Bertz CT molecular complexity index is 548. The number of alkyl halides is 2. The number of carboxylic acid groups (broad SMARTS) is 1. The number of carboxylic acids is 1. The van der Waals surface area contributed by atoms with E-state index in [2.05, 4.69) is 45.0 Å². The van der Waals surface area contributed by atoms with Gasteiger partial charge in [0.25, 0.3) is 0 Å². The van der Waals surface area contributed by atoms with Crippen molar-refractivity contribution in [2.24, 2.45) is 0 Å². The standard InChI is InChI=1S/C22H34Cl2O3/c1-21(2,3)18-12-14-19(15-13-18)27-17-11-9-7-5-4-6-8-10-16-22(23,24)20(25)26/h12-15H,4-11,16-17H2,1-3H3,(H,25,26). The van der Waals surface area contributed by atoms with Gasteiger partial charge in [-0.1, -0.05) is 94.6 Å². The van der Waals surface area contributed by atoms with Crippen LogP contribution in [0.4, 0.5) is 0 Å². The summed E-state index contributed by atoms with van der Waals surface area (Å²) in [4.78, 5) is 10.8. The predicted molar refractivity (Wildman–Crippen MR) is 114 cm³/mol. The maximum absolute atomic E-state index is 10.8. The highest BCUT2D eigenvalue weighted by Gasteiger charge is 2.32. The zero-order valence-corrected chi connectivity index (χ0v) is 18.4. The number of hydrogen-bond donors (Lipinski definition) is 1.